The van der Waals surface area contributed by atoms with Gasteiger partial charge in [-0.05, 0) is 43.9 Å². The third-order valence-corrected chi connectivity index (χ3v) is 4.63. The molecule has 0 amide bonds. The molecule has 1 heterocycles. The van der Waals surface area contributed by atoms with E-state index in [0.717, 1.165) is 35.7 Å². The van der Waals surface area contributed by atoms with E-state index in [9.17, 15) is 18.0 Å². The van der Waals surface area contributed by atoms with E-state index < -0.39 is 22.9 Å². The molecule has 0 atom stereocenters. The molecule has 0 spiro atoms. The predicted octanol–water partition coefficient (Wildman–Crippen LogP) is 5.23. The molecule has 3 rings (SSSR count). The lowest BCUT2D eigenvalue weighted by Crippen LogP contribution is -2.27. The number of alkyl halides is 3. The summed E-state index contributed by atoms with van der Waals surface area (Å²) in [6.07, 6.45) is -0.632. The molecule has 1 aromatic heterocycles. The fraction of sp³-hybridized carbons (Fsp3) is 0.316. The van der Waals surface area contributed by atoms with E-state index in [-0.39, 0.29) is 5.69 Å². The van der Waals surface area contributed by atoms with Crippen LogP contribution in [0.5, 0.6) is 0 Å². The van der Waals surface area contributed by atoms with Gasteiger partial charge >= 0.3 is 6.18 Å². The van der Waals surface area contributed by atoms with Gasteiger partial charge in [-0.25, -0.2) is 0 Å². The summed E-state index contributed by atoms with van der Waals surface area (Å²) < 4.78 is 41.2. The quantitative estimate of drug-likeness (QED) is 0.701. The summed E-state index contributed by atoms with van der Waals surface area (Å²) in [4.78, 5) is 12.7. The number of nitrogens with zero attached hydrogens (tertiary/aromatic N) is 3. The van der Waals surface area contributed by atoms with Crippen LogP contribution in [0.15, 0.2) is 40.2 Å². The van der Waals surface area contributed by atoms with Gasteiger partial charge in [0.25, 0.3) is 5.56 Å². The molecule has 8 heteroatoms. The van der Waals surface area contributed by atoms with Crippen molar-refractivity contribution in [2.45, 2.75) is 38.3 Å². The zero-order valence-corrected chi connectivity index (χ0v) is 14.9. The molecular formula is C19H15ClF3N3O. The largest absolute Gasteiger partial charge is 0.417 e. The van der Waals surface area contributed by atoms with Gasteiger partial charge < -0.3 is 0 Å². The Morgan fingerprint density at radius 1 is 1.15 bits per heavy atom. The van der Waals surface area contributed by atoms with Crippen LogP contribution in [0.1, 0.15) is 43.2 Å². The first-order valence-corrected chi connectivity index (χ1v) is 8.79. The Morgan fingerprint density at radius 3 is 2.44 bits per heavy atom. The summed E-state index contributed by atoms with van der Waals surface area (Å²) >= 11 is 5.97. The Hall–Kier alpha value is -2.59. The first kappa shape index (κ1) is 19.2. The molecule has 27 heavy (non-hydrogen) atoms. The second-order valence-corrected chi connectivity index (χ2v) is 6.72. The molecule has 1 aliphatic rings. The Bertz CT molecular complexity index is 995. The lowest BCUT2D eigenvalue weighted by molar-refractivity contribution is -0.137. The number of pyridine rings is 1. The monoisotopic (exact) mass is 393 g/mol. The molecule has 1 fully saturated rings. The van der Waals surface area contributed by atoms with Crippen molar-refractivity contribution in [2.24, 2.45) is 5.10 Å². The average molecular weight is 394 g/mol. The maximum atomic E-state index is 13.4. The Morgan fingerprint density at radius 2 is 1.85 bits per heavy atom. The van der Waals surface area contributed by atoms with Gasteiger partial charge in [0.1, 0.15) is 11.6 Å². The SMILES string of the molecule is N#Cc1c(C(F)(F)F)cc(-c2cccc(Cl)c2)n(N=C2CCCCC2)c1=O. The Labute approximate surface area is 158 Å². The van der Waals surface area contributed by atoms with Gasteiger partial charge in [-0.15, -0.1) is 0 Å². The zero-order chi connectivity index (χ0) is 19.6. The summed E-state index contributed by atoms with van der Waals surface area (Å²) in [5.41, 5.74) is -2.32. The van der Waals surface area contributed by atoms with Gasteiger partial charge in [-0.1, -0.05) is 30.2 Å². The Kier molecular flexibility index (Phi) is 5.38. The highest BCUT2D eigenvalue weighted by Gasteiger charge is 2.36. The maximum Gasteiger partial charge on any atom is 0.417 e. The molecule has 0 unspecified atom stereocenters. The van der Waals surface area contributed by atoms with Crippen molar-refractivity contribution in [2.75, 3.05) is 0 Å². The van der Waals surface area contributed by atoms with Crippen molar-refractivity contribution in [1.29, 1.82) is 5.26 Å². The lowest BCUT2D eigenvalue weighted by atomic mass is 9.99. The summed E-state index contributed by atoms with van der Waals surface area (Å²) in [6.45, 7) is 0. The molecule has 0 aliphatic heterocycles. The van der Waals surface area contributed by atoms with Crippen molar-refractivity contribution in [3.8, 4) is 17.3 Å². The minimum atomic E-state index is -4.84. The van der Waals surface area contributed by atoms with E-state index >= 15 is 0 Å². The van der Waals surface area contributed by atoms with Crippen LogP contribution in [-0.4, -0.2) is 10.4 Å². The normalized spacial score (nSPS) is 14.7. The minimum Gasteiger partial charge on any atom is -0.266 e. The summed E-state index contributed by atoms with van der Waals surface area (Å²) in [6, 6.07) is 8.34. The van der Waals surface area contributed by atoms with Crippen LogP contribution in [0, 0.1) is 11.3 Å². The number of halogens is 4. The Balaban J connectivity index is 2.33. The average Bonchev–Trinajstić information content (AvgIpc) is 2.63. The van der Waals surface area contributed by atoms with Crippen molar-refractivity contribution in [3.63, 3.8) is 0 Å². The van der Waals surface area contributed by atoms with Crippen LogP contribution >= 0.6 is 11.6 Å². The van der Waals surface area contributed by atoms with E-state index in [0.29, 0.717) is 23.4 Å². The van der Waals surface area contributed by atoms with E-state index in [1.54, 1.807) is 18.2 Å². The third kappa shape index (κ3) is 4.06. The predicted molar refractivity (Wildman–Crippen MR) is 96.8 cm³/mol. The minimum absolute atomic E-state index is 0.0492. The number of hydrogen-bond acceptors (Lipinski definition) is 3. The summed E-state index contributed by atoms with van der Waals surface area (Å²) in [7, 11) is 0. The van der Waals surface area contributed by atoms with E-state index in [1.807, 2.05) is 0 Å². The molecule has 2 aromatic rings. The lowest BCUT2D eigenvalue weighted by Gasteiger charge is -2.17. The van der Waals surface area contributed by atoms with Crippen molar-refractivity contribution >= 4 is 17.3 Å². The molecule has 1 aliphatic carbocycles. The maximum absolute atomic E-state index is 13.4. The molecule has 1 aromatic carbocycles. The highest BCUT2D eigenvalue weighted by atomic mass is 35.5. The van der Waals surface area contributed by atoms with Gasteiger partial charge in [0.05, 0.1) is 11.3 Å². The number of hydrogen-bond donors (Lipinski definition) is 0. The number of aromatic nitrogens is 1. The van der Waals surface area contributed by atoms with Crippen molar-refractivity contribution < 1.29 is 13.2 Å². The van der Waals surface area contributed by atoms with Crippen molar-refractivity contribution in [3.05, 3.63) is 56.8 Å². The van der Waals surface area contributed by atoms with E-state index in [4.69, 9.17) is 16.9 Å². The van der Waals surface area contributed by atoms with Crippen LogP contribution in [0.3, 0.4) is 0 Å². The third-order valence-electron chi connectivity index (χ3n) is 4.39. The first-order chi connectivity index (χ1) is 12.8. The topological polar surface area (TPSA) is 58.1 Å². The molecule has 4 nitrogen and oxygen atoms in total. The number of benzene rings is 1. The second kappa shape index (κ2) is 7.57. The molecule has 0 radical (unpaired) electrons. The molecule has 0 saturated heterocycles. The molecule has 0 N–H and O–H groups in total. The molecule has 1 saturated carbocycles. The smallest absolute Gasteiger partial charge is 0.266 e. The van der Waals surface area contributed by atoms with Crippen molar-refractivity contribution in [1.82, 2.24) is 4.68 Å². The van der Waals surface area contributed by atoms with Crippen LogP contribution in [0.2, 0.25) is 5.02 Å². The number of rotatable bonds is 2. The molecular weight excluding hydrogens is 379 g/mol. The highest BCUT2D eigenvalue weighted by Crippen LogP contribution is 2.34. The first-order valence-electron chi connectivity index (χ1n) is 8.41. The molecule has 140 valence electrons. The van der Waals surface area contributed by atoms with Gasteiger partial charge in [-0.2, -0.15) is 28.2 Å². The summed E-state index contributed by atoms with van der Waals surface area (Å²) in [5.74, 6) is 0. The fourth-order valence-electron chi connectivity index (χ4n) is 3.09. The highest BCUT2D eigenvalue weighted by molar-refractivity contribution is 6.30. The van der Waals surface area contributed by atoms with Crippen LogP contribution in [0.25, 0.3) is 11.3 Å². The van der Waals surface area contributed by atoms with Gasteiger partial charge in [0.15, 0.2) is 0 Å². The summed E-state index contributed by atoms with van der Waals surface area (Å²) in [5, 5.41) is 13.8. The van der Waals surface area contributed by atoms with Gasteiger partial charge in [0.2, 0.25) is 0 Å². The van der Waals surface area contributed by atoms with E-state index in [2.05, 4.69) is 5.10 Å². The van der Waals surface area contributed by atoms with Crippen LogP contribution in [0.4, 0.5) is 13.2 Å². The van der Waals surface area contributed by atoms with Crippen LogP contribution < -0.4 is 5.56 Å². The number of nitriles is 1. The van der Waals surface area contributed by atoms with Crippen LogP contribution in [-0.2, 0) is 6.18 Å². The fourth-order valence-corrected chi connectivity index (χ4v) is 3.28. The zero-order valence-electron chi connectivity index (χ0n) is 14.2. The van der Waals surface area contributed by atoms with Gasteiger partial charge in [0, 0.05) is 16.3 Å². The van der Waals surface area contributed by atoms with E-state index in [1.165, 1.54) is 12.1 Å². The van der Waals surface area contributed by atoms with Gasteiger partial charge in [-0.3, -0.25) is 4.79 Å². The standard InChI is InChI=1S/C19H15ClF3N3O/c20-13-6-4-5-12(9-13)17-10-16(19(21,22)23)15(11-24)18(27)26(17)25-14-7-2-1-3-8-14/h4-6,9-10H,1-3,7-8H2. The molecule has 0 bridgehead atoms. The second-order valence-electron chi connectivity index (χ2n) is 6.28.